The highest BCUT2D eigenvalue weighted by Crippen LogP contribution is 2.35. The molecule has 1 aliphatic rings. The van der Waals surface area contributed by atoms with E-state index >= 15 is 0 Å². The summed E-state index contributed by atoms with van der Waals surface area (Å²) in [5.41, 5.74) is 1.62. The lowest BCUT2D eigenvalue weighted by Gasteiger charge is -2.33. The summed E-state index contributed by atoms with van der Waals surface area (Å²) in [6, 6.07) is 9.20. The Morgan fingerprint density at radius 3 is 2.71 bits per heavy atom. The lowest BCUT2D eigenvalue weighted by Crippen LogP contribution is -2.44. The van der Waals surface area contributed by atoms with Crippen molar-refractivity contribution in [1.29, 1.82) is 0 Å². The number of piperazine rings is 1. The van der Waals surface area contributed by atoms with Crippen LogP contribution in [-0.2, 0) is 12.7 Å². The molecular formula is C24H24F3N7O. The van der Waals surface area contributed by atoms with Crippen molar-refractivity contribution in [3.63, 3.8) is 0 Å². The van der Waals surface area contributed by atoms with Gasteiger partial charge in [0.15, 0.2) is 5.65 Å². The predicted octanol–water partition coefficient (Wildman–Crippen LogP) is 3.97. The Bertz CT molecular complexity index is 1350. The van der Waals surface area contributed by atoms with Gasteiger partial charge in [-0.1, -0.05) is 6.07 Å². The predicted molar refractivity (Wildman–Crippen MR) is 126 cm³/mol. The molecule has 1 fully saturated rings. The minimum atomic E-state index is -4.53. The number of H-pyrrole nitrogens is 2. The third kappa shape index (κ3) is 4.91. The second kappa shape index (κ2) is 9.16. The molecule has 0 aliphatic carbocycles. The van der Waals surface area contributed by atoms with Crippen molar-refractivity contribution in [2.24, 2.45) is 0 Å². The summed E-state index contributed by atoms with van der Waals surface area (Å²) in [4.78, 5) is 24.1. The van der Waals surface area contributed by atoms with Gasteiger partial charge in [-0.15, -0.1) is 0 Å². The highest BCUT2D eigenvalue weighted by Gasteiger charge is 2.34. The minimum absolute atomic E-state index is 0.0848. The molecule has 0 unspecified atom stereocenters. The van der Waals surface area contributed by atoms with Crippen LogP contribution in [0.3, 0.4) is 0 Å². The van der Waals surface area contributed by atoms with E-state index in [9.17, 15) is 18.0 Å². The molecule has 0 atom stereocenters. The van der Waals surface area contributed by atoms with Crippen LogP contribution in [0.4, 0.5) is 18.9 Å². The fourth-order valence-corrected chi connectivity index (χ4v) is 4.23. The number of carbonyl (C=O) groups is 1. The molecule has 0 saturated carbocycles. The molecule has 1 aliphatic heterocycles. The summed E-state index contributed by atoms with van der Waals surface area (Å²) in [6.45, 7) is 3.27. The molecule has 8 nitrogen and oxygen atoms in total. The summed E-state index contributed by atoms with van der Waals surface area (Å²) < 4.78 is 41.5. The summed E-state index contributed by atoms with van der Waals surface area (Å²) in [5, 5.41) is 10.4. The molecule has 3 N–H and O–H groups in total. The molecule has 3 aromatic heterocycles. The van der Waals surface area contributed by atoms with E-state index in [0.717, 1.165) is 24.5 Å². The van der Waals surface area contributed by atoms with Crippen LogP contribution in [-0.4, -0.2) is 69.1 Å². The van der Waals surface area contributed by atoms with Crippen LogP contribution in [0.5, 0.6) is 0 Å². The number of likely N-dealkylation sites (N-methyl/N-ethyl adjacent to an activating group) is 1. The molecule has 5 rings (SSSR count). The molecule has 35 heavy (non-hydrogen) atoms. The zero-order valence-electron chi connectivity index (χ0n) is 19.0. The number of benzene rings is 1. The Labute approximate surface area is 199 Å². The first-order chi connectivity index (χ1) is 16.8. The number of nitrogens with one attached hydrogen (secondary N) is 3. The normalized spacial score (nSPS) is 15.5. The molecule has 1 aromatic carbocycles. The number of aromatic amines is 2. The highest BCUT2D eigenvalue weighted by molar-refractivity contribution is 6.05. The van der Waals surface area contributed by atoms with E-state index in [0.29, 0.717) is 30.1 Å². The molecule has 0 bridgehead atoms. The van der Waals surface area contributed by atoms with Crippen LogP contribution in [0.1, 0.15) is 21.5 Å². The van der Waals surface area contributed by atoms with Gasteiger partial charge in [0.25, 0.3) is 5.91 Å². The van der Waals surface area contributed by atoms with Crippen molar-refractivity contribution >= 4 is 22.6 Å². The van der Waals surface area contributed by atoms with Gasteiger partial charge in [-0.3, -0.25) is 14.8 Å². The van der Waals surface area contributed by atoms with Crippen LogP contribution in [0.25, 0.3) is 22.4 Å². The fraction of sp³-hybridized carbons (Fsp3) is 0.292. The summed E-state index contributed by atoms with van der Waals surface area (Å²) in [5.74, 6) is -0.523. The Morgan fingerprint density at radius 2 is 1.94 bits per heavy atom. The average Bonchev–Trinajstić information content (AvgIpc) is 3.48. The quantitative estimate of drug-likeness (QED) is 0.400. The van der Waals surface area contributed by atoms with Crippen molar-refractivity contribution in [1.82, 2.24) is 30.0 Å². The second-order valence-corrected chi connectivity index (χ2v) is 8.68. The number of anilines is 1. The highest BCUT2D eigenvalue weighted by atomic mass is 19.4. The standard InChI is InChI=1S/C24H24F3N7O/c1-33-7-9-34(10-8-33)14-15-4-5-17(12-19(15)24(25,26)27)30-23(35)16-11-20(29-13-16)21-18-3-2-6-28-22(18)32-31-21/h2-6,11-13,29H,7-10,14H2,1H3,(H,30,35)(H,28,31,32). The van der Waals surface area contributed by atoms with E-state index < -0.39 is 17.6 Å². The number of aromatic nitrogens is 4. The van der Waals surface area contributed by atoms with Crippen molar-refractivity contribution in [3.05, 3.63) is 65.5 Å². The van der Waals surface area contributed by atoms with Gasteiger partial charge in [0.1, 0.15) is 5.69 Å². The minimum Gasteiger partial charge on any atom is -0.359 e. The smallest absolute Gasteiger partial charge is 0.359 e. The fourth-order valence-electron chi connectivity index (χ4n) is 4.23. The van der Waals surface area contributed by atoms with Gasteiger partial charge < -0.3 is 15.2 Å². The van der Waals surface area contributed by atoms with Crippen LogP contribution in [0, 0.1) is 0 Å². The summed E-state index contributed by atoms with van der Waals surface area (Å²) >= 11 is 0. The van der Waals surface area contributed by atoms with Crippen molar-refractivity contribution in [3.8, 4) is 11.4 Å². The van der Waals surface area contributed by atoms with Gasteiger partial charge in [-0.05, 0) is 42.9 Å². The maximum Gasteiger partial charge on any atom is 0.416 e. The molecule has 0 radical (unpaired) electrons. The Hall–Kier alpha value is -3.70. The first kappa shape index (κ1) is 23.1. The van der Waals surface area contributed by atoms with E-state index in [2.05, 4.69) is 30.4 Å². The molecule has 4 heterocycles. The van der Waals surface area contributed by atoms with Gasteiger partial charge in [-0.2, -0.15) is 18.3 Å². The van der Waals surface area contributed by atoms with Gasteiger partial charge in [0, 0.05) is 56.2 Å². The SMILES string of the molecule is CN1CCN(Cc2ccc(NC(=O)c3c[nH]c(-c4n[nH]c5ncccc45)c3)cc2C(F)(F)F)CC1. The van der Waals surface area contributed by atoms with Crippen molar-refractivity contribution in [2.75, 3.05) is 38.5 Å². The van der Waals surface area contributed by atoms with Crippen molar-refractivity contribution < 1.29 is 18.0 Å². The van der Waals surface area contributed by atoms with Gasteiger partial charge in [-0.25, -0.2) is 4.98 Å². The summed E-state index contributed by atoms with van der Waals surface area (Å²) in [7, 11) is 2.00. The molecule has 11 heteroatoms. The van der Waals surface area contributed by atoms with Crippen LogP contribution >= 0.6 is 0 Å². The molecule has 182 valence electrons. The molecular weight excluding hydrogens is 459 g/mol. The number of nitrogens with zero attached hydrogens (tertiary/aromatic N) is 4. The molecule has 1 saturated heterocycles. The number of carbonyl (C=O) groups excluding carboxylic acids is 1. The first-order valence-corrected chi connectivity index (χ1v) is 11.2. The second-order valence-electron chi connectivity index (χ2n) is 8.68. The van der Waals surface area contributed by atoms with Gasteiger partial charge in [0.05, 0.1) is 16.8 Å². The lowest BCUT2D eigenvalue weighted by molar-refractivity contribution is -0.138. The van der Waals surface area contributed by atoms with Crippen molar-refractivity contribution in [2.45, 2.75) is 12.7 Å². The summed E-state index contributed by atoms with van der Waals surface area (Å²) in [6.07, 6.45) is -1.39. The zero-order valence-corrected chi connectivity index (χ0v) is 19.0. The number of alkyl halides is 3. The number of fused-ring (bicyclic) bond motifs is 1. The number of pyridine rings is 1. The van der Waals surface area contributed by atoms with E-state index in [-0.39, 0.29) is 23.4 Å². The molecule has 0 spiro atoms. The van der Waals surface area contributed by atoms with Crippen LogP contribution in [0.15, 0.2) is 48.8 Å². The third-order valence-corrected chi connectivity index (χ3v) is 6.20. The number of rotatable bonds is 5. The Morgan fingerprint density at radius 1 is 1.14 bits per heavy atom. The average molecular weight is 483 g/mol. The monoisotopic (exact) mass is 483 g/mol. The van der Waals surface area contributed by atoms with E-state index in [1.807, 2.05) is 18.0 Å². The number of hydrogen-bond acceptors (Lipinski definition) is 5. The van der Waals surface area contributed by atoms with E-state index in [1.54, 1.807) is 18.3 Å². The number of halogens is 3. The van der Waals surface area contributed by atoms with E-state index in [1.165, 1.54) is 18.3 Å². The first-order valence-electron chi connectivity index (χ1n) is 11.2. The van der Waals surface area contributed by atoms with Crippen LogP contribution < -0.4 is 5.32 Å². The maximum atomic E-state index is 13.8. The lowest BCUT2D eigenvalue weighted by atomic mass is 10.0. The van der Waals surface area contributed by atoms with Gasteiger partial charge in [0.2, 0.25) is 0 Å². The Balaban J connectivity index is 1.34. The third-order valence-electron chi connectivity index (χ3n) is 6.20. The van der Waals surface area contributed by atoms with Gasteiger partial charge >= 0.3 is 6.18 Å². The number of hydrogen-bond donors (Lipinski definition) is 3. The largest absolute Gasteiger partial charge is 0.416 e. The number of amides is 1. The van der Waals surface area contributed by atoms with E-state index in [4.69, 9.17) is 0 Å². The maximum absolute atomic E-state index is 13.8. The topological polar surface area (TPSA) is 92.9 Å². The zero-order chi connectivity index (χ0) is 24.6. The Kier molecular flexibility index (Phi) is 6.03. The molecule has 1 amide bonds. The van der Waals surface area contributed by atoms with Crippen LogP contribution in [0.2, 0.25) is 0 Å². The molecule has 4 aromatic rings.